The number of ketones is 1. The molecule has 0 aliphatic rings. The molecule has 4 nitrogen and oxygen atoms in total. The first kappa shape index (κ1) is 22.5. The Labute approximate surface area is 158 Å². The minimum atomic E-state index is -1.30. The summed E-state index contributed by atoms with van der Waals surface area (Å²) in [6.07, 6.45) is 1.84. The molecule has 0 fully saturated rings. The number of ether oxygens (including phenoxy) is 1. The summed E-state index contributed by atoms with van der Waals surface area (Å²) >= 11 is 0. The number of hydrogen-bond acceptors (Lipinski definition) is 4. The SMILES string of the molecule is CCCCC(CC(=O)c1c(C)cc(C)cc1C)(P=O)C(=O)OCC(C)C. The second-order valence-electron chi connectivity index (χ2n) is 7.59. The van der Waals surface area contributed by atoms with Gasteiger partial charge >= 0.3 is 5.97 Å². The first-order valence-corrected chi connectivity index (χ1v) is 10.1. The molecule has 5 heteroatoms. The zero-order valence-corrected chi connectivity index (χ0v) is 17.7. The molecule has 0 bridgehead atoms. The molecule has 0 aromatic heterocycles. The molecule has 0 saturated carbocycles. The van der Waals surface area contributed by atoms with Crippen molar-refractivity contribution in [2.24, 2.45) is 5.92 Å². The lowest BCUT2D eigenvalue weighted by atomic mass is 9.88. The Morgan fingerprint density at radius 1 is 1.15 bits per heavy atom. The lowest BCUT2D eigenvalue weighted by molar-refractivity contribution is -0.148. The van der Waals surface area contributed by atoms with Crippen LogP contribution in [0.25, 0.3) is 0 Å². The molecule has 0 saturated heterocycles. The van der Waals surface area contributed by atoms with Crippen LogP contribution in [0.15, 0.2) is 12.1 Å². The van der Waals surface area contributed by atoms with Gasteiger partial charge in [-0.3, -0.25) is 14.2 Å². The second kappa shape index (κ2) is 9.97. The zero-order chi connectivity index (χ0) is 19.9. The predicted molar refractivity (Wildman–Crippen MR) is 105 cm³/mol. The Morgan fingerprint density at radius 3 is 2.19 bits per heavy atom. The van der Waals surface area contributed by atoms with Gasteiger partial charge in [0.15, 0.2) is 19.4 Å². The number of benzene rings is 1. The van der Waals surface area contributed by atoms with E-state index in [9.17, 15) is 14.2 Å². The largest absolute Gasteiger partial charge is 0.464 e. The Kier molecular flexibility index (Phi) is 8.62. The number of esters is 1. The van der Waals surface area contributed by atoms with E-state index in [0.29, 0.717) is 18.4 Å². The van der Waals surface area contributed by atoms with Crippen molar-refractivity contribution >= 4 is 20.2 Å². The molecule has 1 rings (SSSR count). The third-order valence-electron chi connectivity index (χ3n) is 4.46. The Morgan fingerprint density at radius 2 is 1.73 bits per heavy atom. The summed E-state index contributed by atoms with van der Waals surface area (Å²) < 4.78 is 17.4. The van der Waals surface area contributed by atoms with Crippen molar-refractivity contribution in [2.75, 3.05) is 6.61 Å². The Balaban J connectivity index is 3.17. The molecule has 0 aliphatic carbocycles. The minimum Gasteiger partial charge on any atom is -0.464 e. The van der Waals surface area contributed by atoms with Crippen LogP contribution in [-0.2, 0) is 14.1 Å². The molecule has 0 amide bonds. The molecule has 1 unspecified atom stereocenters. The van der Waals surface area contributed by atoms with Gasteiger partial charge in [-0.05, 0) is 44.2 Å². The quantitative estimate of drug-likeness (QED) is 0.302. The van der Waals surface area contributed by atoms with Crippen molar-refractivity contribution in [1.29, 1.82) is 0 Å². The normalized spacial score (nSPS) is 13.7. The van der Waals surface area contributed by atoms with E-state index in [-0.39, 0.29) is 33.2 Å². The summed E-state index contributed by atoms with van der Waals surface area (Å²) in [5, 5.41) is -1.30. The van der Waals surface area contributed by atoms with Crippen molar-refractivity contribution in [3.05, 3.63) is 34.4 Å². The van der Waals surface area contributed by atoms with E-state index >= 15 is 0 Å². The number of carbonyl (C=O) groups is 2. The number of unbranched alkanes of at least 4 members (excludes halogenated alkanes) is 1. The van der Waals surface area contributed by atoms with Gasteiger partial charge in [0.1, 0.15) is 0 Å². The van der Waals surface area contributed by atoms with Crippen molar-refractivity contribution < 1.29 is 18.9 Å². The fourth-order valence-electron chi connectivity index (χ4n) is 3.20. The number of rotatable bonds is 10. The third kappa shape index (κ3) is 5.74. The van der Waals surface area contributed by atoms with Gasteiger partial charge in [-0.25, -0.2) is 0 Å². The number of carbonyl (C=O) groups excluding carboxylic acids is 2. The maximum absolute atomic E-state index is 13.0. The van der Waals surface area contributed by atoms with Crippen molar-refractivity contribution in [3.63, 3.8) is 0 Å². The minimum absolute atomic E-state index is 0.0975. The average Bonchev–Trinajstić information content (AvgIpc) is 2.55. The van der Waals surface area contributed by atoms with E-state index < -0.39 is 11.1 Å². The van der Waals surface area contributed by atoms with Crippen LogP contribution in [0.2, 0.25) is 0 Å². The molecular weight excluding hydrogens is 347 g/mol. The van der Waals surface area contributed by atoms with E-state index in [2.05, 4.69) is 0 Å². The molecule has 1 atom stereocenters. The monoisotopic (exact) mass is 378 g/mol. The Hall–Kier alpha value is -1.54. The average molecular weight is 378 g/mol. The molecule has 0 spiro atoms. The molecule has 0 aliphatic heterocycles. The highest BCUT2D eigenvalue weighted by Crippen LogP contribution is 2.37. The third-order valence-corrected chi connectivity index (χ3v) is 5.37. The summed E-state index contributed by atoms with van der Waals surface area (Å²) in [7, 11) is -0.347. The van der Waals surface area contributed by atoms with Gasteiger partial charge in [0.2, 0.25) is 0 Å². The maximum atomic E-state index is 13.0. The standard InChI is InChI=1S/C21H31O4P/c1-7-8-9-21(26-24,20(23)25-13-14(2)3)12-18(22)19-16(5)10-15(4)11-17(19)6/h10-11,14H,7-9,12-13H2,1-6H3. The van der Waals surface area contributed by atoms with Crippen LogP contribution in [0.5, 0.6) is 0 Å². The van der Waals surface area contributed by atoms with Crippen LogP contribution in [-0.4, -0.2) is 23.5 Å². The highest BCUT2D eigenvalue weighted by molar-refractivity contribution is 7.28. The van der Waals surface area contributed by atoms with Gasteiger partial charge in [0.05, 0.1) is 6.61 Å². The topological polar surface area (TPSA) is 60.4 Å². The van der Waals surface area contributed by atoms with Crippen LogP contribution in [0.4, 0.5) is 0 Å². The van der Waals surface area contributed by atoms with Crippen LogP contribution >= 0.6 is 8.46 Å². The molecule has 26 heavy (non-hydrogen) atoms. The van der Waals surface area contributed by atoms with Gasteiger partial charge in [0, 0.05) is 12.0 Å². The highest BCUT2D eigenvalue weighted by Gasteiger charge is 2.43. The van der Waals surface area contributed by atoms with E-state index in [0.717, 1.165) is 23.1 Å². The second-order valence-corrected chi connectivity index (χ2v) is 8.63. The number of Topliss-reactive ketones (excluding diaryl/α,β-unsaturated/α-hetero) is 1. The predicted octanol–water partition coefficient (Wildman–Crippen LogP) is 5.60. The first-order chi connectivity index (χ1) is 12.2. The van der Waals surface area contributed by atoms with E-state index in [1.54, 1.807) is 0 Å². The van der Waals surface area contributed by atoms with Crippen LogP contribution in [0.1, 0.15) is 73.5 Å². The van der Waals surface area contributed by atoms with Crippen molar-refractivity contribution in [1.82, 2.24) is 0 Å². The van der Waals surface area contributed by atoms with Gasteiger partial charge in [-0.15, -0.1) is 0 Å². The van der Waals surface area contributed by atoms with E-state index in [4.69, 9.17) is 4.74 Å². The van der Waals surface area contributed by atoms with Crippen molar-refractivity contribution in [3.8, 4) is 0 Å². The maximum Gasteiger partial charge on any atom is 0.324 e. The summed E-state index contributed by atoms with van der Waals surface area (Å²) in [4.78, 5) is 25.7. The lowest BCUT2D eigenvalue weighted by Crippen LogP contribution is -2.38. The zero-order valence-electron chi connectivity index (χ0n) is 16.8. The van der Waals surface area contributed by atoms with E-state index in [1.165, 1.54) is 0 Å². The lowest BCUT2D eigenvalue weighted by Gasteiger charge is -2.25. The van der Waals surface area contributed by atoms with Crippen molar-refractivity contribution in [2.45, 2.75) is 72.4 Å². The summed E-state index contributed by atoms with van der Waals surface area (Å²) in [6, 6.07) is 3.92. The molecule has 0 N–H and O–H groups in total. The molecule has 144 valence electrons. The van der Waals surface area contributed by atoms with Gasteiger partial charge in [-0.2, -0.15) is 0 Å². The fourth-order valence-corrected chi connectivity index (χ4v) is 3.79. The molecule has 0 heterocycles. The first-order valence-electron chi connectivity index (χ1n) is 9.29. The number of aryl methyl sites for hydroxylation is 3. The molecule has 1 aromatic rings. The van der Waals surface area contributed by atoms with Gasteiger partial charge in [0.25, 0.3) is 0 Å². The number of hydrogen-bond donors (Lipinski definition) is 0. The molecule has 1 aromatic carbocycles. The van der Waals surface area contributed by atoms with Crippen LogP contribution < -0.4 is 0 Å². The molecular formula is C21H31O4P. The summed E-state index contributed by atoms with van der Waals surface area (Å²) in [6.45, 7) is 11.9. The fraction of sp³-hybridized carbons (Fsp3) is 0.619. The summed E-state index contributed by atoms with van der Waals surface area (Å²) in [5.74, 6) is -0.503. The van der Waals surface area contributed by atoms with Gasteiger partial charge < -0.3 is 4.74 Å². The van der Waals surface area contributed by atoms with Crippen LogP contribution in [0, 0.1) is 26.7 Å². The Bertz CT molecular complexity index is 643. The smallest absolute Gasteiger partial charge is 0.324 e. The summed E-state index contributed by atoms with van der Waals surface area (Å²) in [5.41, 5.74) is 3.48. The highest BCUT2D eigenvalue weighted by atomic mass is 31.1. The van der Waals surface area contributed by atoms with Crippen LogP contribution in [0.3, 0.4) is 0 Å². The van der Waals surface area contributed by atoms with Gasteiger partial charge in [-0.1, -0.05) is 51.3 Å². The molecule has 0 radical (unpaired) electrons. The van der Waals surface area contributed by atoms with E-state index in [1.807, 2.05) is 53.7 Å².